The molecule has 1 N–H and O–H groups in total. The van der Waals surface area contributed by atoms with Crippen LogP contribution in [0.3, 0.4) is 0 Å². The van der Waals surface area contributed by atoms with E-state index in [1.165, 1.54) is 12.1 Å². The SMILES string of the molecule is Fc1ccc(Br)c(NCc2ccc(Cl)c3cccnc23)c1. The number of benzene rings is 2. The van der Waals surface area contributed by atoms with Gasteiger partial charge in [0, 0.05) is 27.6 Å². The Kier molecular flexibility index (Phi) is 4.08. The van der Waals surface area contributed by atoms with Gasteiger partial charge in [-0.15, -0.1) is 0 Å². The maximum atomic E-state index is 13.3. The fourth-order valence-corrected chi connectivity index (χ4v) is 2.76. The first kappa shape index (κ1) is 14.3. The lowest BCUT2D eigenvalue weighted by atomic mass is 10.1. The topological polar surface area (TPSA) is 24.9 Å². The van der Waals surface area contributed by atoms with Crippen molar-refractivity contribution < 1.29 is 4.39 Å². The number of nitrogens with one attached hydrogen (secondary N) is 1. The van der Waals surface area contributed by atoms with Crippen LogP contribution in [0.1, 0.15) is 5.56 Å². The molecule has 0 aliphatic carbocycles. The molecule has 2 aromatic carbocycles. The number of rotatable bonds is 3. The molecule has 3 rings (SSSR count). The van der Waals surface area contributed by atoms with Crippen LogP contribution < -0.4 is 5.32 Å². The van der Waals surface area contributed by atoms with Crippen molar-refractivity contribution in [3.05, 3.63) is 69.5 Å². The van der Waals surface area contributed by atoms with Crippen molar-refractivity contribution in [2.24, 2.45) is 0 Å². The van der Waals surface area contributed by atoms with Crippen LogP contribution in [-0.2, 0) is 6.54 Å². The van der Waals surface area contributed by atoms with Gasteiger partial charge in [-0.3, -0.25) is 4.98 Å². The first-order valence-electron chi connectivity index (χ1n) is 6.36. The molecule has 106 valence electrons. The molecule has 0 unspecified atom stereocenters. The summed E-state index contributed by atoms with van der Waals surface area (Å²) < 4.78 is 14.1. The Labute approximate surface area is 135 Å². The zero-order valence-electron chi connectivity index (χ0n) is 10.9. The third kappa shape index (κ3) is 3.01. The van der Waals surface area contributed by atoms with Gasteiger partial charge < -0.3 is 5.32 Å². The molecule has 0 radical (unpaired) electrons. The first-order chi connectivity index (χ1) is 10.1. The summed E-state index contributed by atoms with van der Waals surface area (Å²) >= 11 is 9.57. The van der Waals surface area contributed by atoms with Crippen molar-refractivity contribution in [3.63, 3.8) is 0 Å². The Morgan fingerprint density at radius 1 is 1.19 bits per heavy atom. The molecule has 0 aliphatic heterocycles. The van der Waals surface area contributed by atoms with E-state index in [2.05, 4.69) is 26.2 Å². The minimum atomic E-state index is -0.278. The normalized spacial score (nSPS) is 10.8. The Bertz CT molecular complexity index is 807. The fourth-order valence-electron chi connectivity index (χ4n) is 2.16. The van der Waals surface area contributed by atoms with E-state index in [0.29, 0.717) is 17.3 Å². The monoisotopic (exact) mass is 364 g/mol. The smallest absolute Gasteiger partial charge is 0.125 e. The van der Waals surface area contributed by atoms with E-state index >= 15 is 0 Å². The van der Waals surface area contributed by atoms with Gasteiger partial charge in [-0.1, -0.05) is 17.7 Å². The van der Waals surface area contributed by atoms with Crippen LogP contribution in [0.15, 0.2) is 53.1 Å². The molecule has 5 heteroatoms. The van der Waals surface area contributed by atoms with Crippen LogP contribution in [0.5, 0.6) is 0 Å². The summed E-state index contributed by atoms with van der Waals surface area (Å²) in [5.41, 5.74) is 2.56. The number of hydrogen-bond donors (Lipinski definition) is 1. The second-order valence-corrected chi connectivity index (χ2v) is 5.85. The maximum Gasteiger partial charge on any atom is 0.125 e. The molecule has 1 heterocycles. The molecule has 0 spiro atoms. The second-order valence-electron chi connectivity index (χ2n) is 4.58. The highest BCUT2D eigenvalue weighted by Gasteiger charge is 2.07. The number of pyridine rings is 1. The summed E-state index contributed by atoms with van der Waals surface area (Å²) in [7, 11) is 0. The molecule has 0 saturated heterocycles. The van der Waals surface area contributed by atoms with Gasteiger partial charge in [0.2, 0.25) is 0 Å². The first-order valence-corrected chi connectivity index (χ1v) is 7.53. The number of nitrogens with zero attached hydrogens (tertiary/aromatic N) is 1. The Balaban J connectivity index is 1.92. The van der Waals surface area contributed by atoms with Gasteiger partial charge >= 0.3 is 0 Å². The maximum absolute atomic E-state index is 13.3. The van der Waals surface area contributed by atoms with Gasteiger partial charge in [0.15, 0.2) is 0 Å². The molecule has 0 aliphatic rings. The summed E-state index contributed by atoms with van der Waals surface area (Å²) in [4.78, 5) is 4.38. The van der Waals surface area contributed by atoms with Crippen molar-refractivity contribution in [1.29, 1.82) is 0 Å². The number of aromatic nitrogens is 1. The minimum Gasteiger partial charge on any atom is -0.380 e. The quantitative estimate of drug-likeness (QED) is 0.672. The largest absolute Gasteiger partial charge is 0.380 e. The lowest BCUT2D eigenvalue weighted by molar-refractivity contribution is 0.628. The van der Waals surface area contributed by atoms with E-state index in [1.54, 1.807) is 12.3 Å². The molecule has 0 fully saturated rings. The molecule has 0 amide bonds. The zero-order valence-corrected chi connectivity index (χ0v) is 13.2. The molecule has 0 bridgehead atoms. The molecule has 0 atom stereocenters. The van der Waals surface area contributed by atoms with Gasteiger partial charge in [0.25, 0.3) is 0 Å². The van der Waals surface area contributed by atoms with Crippen molar-refractivity contribution >= 4 is 44.1 Å². The fraction of sp³-hybridized carbons (Fsp3) is 0.0625. The van der Waals surface area contributed by atoms with Gasteiger partial charge in [-0.25, -0.2) is 4.39 Å². The standard InChI is InChI=1S/C16H11BrClFN2/c17-13-5-4-11(19)8-15(13)21-9-10-3-6-14(18)12-2-1-7-20-16(10)12/h1-8,21H,9H2. The van der Waals surface area contributed by atoms with E-state index < -0.39 is 0 Å². The van der Waals surface area contributed by atoms with Crippen molar-refractivity contribution in [2.75, 3.05) is 5.32 Å². The van der Waals surface area contributed by atoms with E-state index in [-0.39, 0.29) is 5.82 Å². The second kappa shape index (κ2) is 6.00. The van der Waals surface area contributed by atoms with E-state index in [4.69, 9.17) is 11.6 Å². The third-order valence-corrected chi connectivity index (χ3v) is 4.22. The number of fused-ring (bicyclic) bond motifs is 1. The van der Waals surface area contributed by atoms with Gasteiger partial charge in [0.1, 0.15) is 5.82 Å². The summed E-state index contributed by atoms with van der Waals surface area (Å²) in [6.45, 7) is 0.534. The van der Waals surface area contributed by atoms with Crippen LogP contribution in [0.2, 0.25) is 5.02 Å². The number of anilines is 1. The number of hydrogen-bond acceptors (Lipinski definition) is 2. The highest BCUT2D eigenvalue weighted by atomic mass is 79.9. The Morgan fingerprint density at radius 2 is 2.05 bits per heavy atom. The van der Waals surface area contributed by atoms with Gasteiger partial charge in [-0.2, -0.15) is 0 Å². The van der Waals surface area contributed by atoms with Crippen molar-refractivity contribution in [2.45, 2.75) is 6.54 Å². The van der Waals surface area contributed by atoms with Crippen molar-refractivity contribution in [1.82, 2.24) is 4.98 Å². The van der Waals surface area contributed by atoms with Gasteiger partial charge in [0.05, 0.1) is 11.2 Å². The molecular weight excluding hydrogens is 355 g/mol. The van der Waals surface area contributed by atoms with Crippen LogP contribution in [0.25, 0.3) is 10.9 Å². The molecular formula is C16H11BrClFN2. The predicted molar refractivity (Wildman–Crippen MR) is 88.2 cm³/mol. The molecule has 1 aromatic heterocycles. The average Bonchev–Trinajstić information content (AvgIpc) is 2.50. The Hall–Kier alpha value is -1.65. The summed E-state index contributed by atoms with van der Waals surface area (Å²) in [5, 5.41) is 4.80. The molecule has 3 aromatic rings. The average molecular weight is 366 g/mol. The van der Waals surface area contributed by atoms with Crippen LogP contribution in [0, 0.1) is 5.82 Å². The zero-order chi connectivity index (χ0) is 14.8. The number of halogens is 3. The van der Waals surface area contributed by atoms with Gasteiger partial charge in [-0.05, 0) is 57.9 Å². The molecule has 2 nitrogen and oxygen atoms in total. The third-order valence-electron chi connectivity index (χ3n) is 3.20. The summed E-state index contributed by atoms with van der Waals surface area (Å²) in [5.74, 6) is -0.278. The van der Waals surface area contributed by atoms with Crippen LogP contribution in [0.4, 0.5) is 10.1 Å². The lowest BCUT2D eigenvalue weighted by Gasteiger charge is -2.11. The predicted octanol–water partition coefficient (Wildman–Crippen LogP) is 5.40. The van der Waals surface area contributed by atoms with E-state index in [1.807, 2.05) is 24.3 Å². The lowest BCUT2D eigenvalue weighted by Crippen LogP contribution is -2.02. The van der Waals surface area contributed by atoms with Crippen LogP contribution in [-0.4, -0.2) is 4.98 Å². The van der Waals surface area contributed by atoms with Crippen molar-refractivity contribution in [3.8, 4) is 0 Å². The summed E-state index contributed by atoms with van der Waals surface area (Å²) in [6, 6.07) is 12.1. The minimum absolute atomic E-state index is 0.278. The Morgan fingerprint density at radius 3 is 2.90 bits per heavy atom. The summed E-state index contributed by atoms with van der Waals surface area (Å²) in [6.07, 6.45) is 1.74. The molecule has 0 saturated carbocycles. The highest BCUT2D eigenvalue weighted by Crippen LogP contribution is 2.27. The molecule has 21 heavy (non-hydrogen) atoms. The van der Waals surface area contributed by atoms with E-state index in [9.17, 15) is 4.39 Å². The highest BCUT2D eigenvalue weighted by molar-refractivity contribution is 9.10. The van der Waals surface area contributed by atoms with Crippen LogP contribution >= 0.6 is 27.5 Å². The van der Waals surface area contributed by atoms with E-state index in [0.717, 1.165) is 20.9 Å².